The molecule has 0 bridgehead atoms. The minimum atomic E-state index is 1.08. The molecule has 0 atom stereocenters. The van der Waals surface area contributed by atoms with E-state index in [1.54, 1.807) is 0 Å². The van der Waals surface area contributed by atoms with Crippen molar-refractivity contribution >= 4 is 5.69 Å². The fraction of sp³-hybridized carbons (Fsp3) is 0.375. The minimum absolute atomic E-state index is 1.08. The lowest BCUT2D eigenvalue weighted by Gasteiger charge is -2.20. The van der Waals surface area contributed by atoms with Crippen LogP contribution >= 0.6 is 0 Å². The zero-order chi connectivity index (χ0) is 13.0. The molecule has 2 heteroatoms. The van der Waals surface area contributed by atoms with Gasteiger partial charge in [0.25, 0.3) is 0 Å². The Morgan fingerprint density at radius 3 is 2.17 bits per heavy atom. The van der Waals surface area contributed by atoms with Crippen molar-refractivity contribution in [1.29, 1.82) is 0 Å². The Balaban J connectivity index is 1.86. The Morgan fingerprint density at radius 1 is 0.944 bits per heavy atom. The molecule has 1 aromatic carbocycles. The highest BCUT2D eigenvalue weighted by atomic mass is 15.1. The average Bonchev–Trinajstić information content (AvgIpc) is 2.71. The van der Waals surface area contributed by atoms with E-state index in [1.165, 1.54) is 23.5 Å². The van der Waals surface area contributed by atoms with Crippen molar-refractivity contribution in [1.82, 2.24) is 4.57 Å². The number of benzene rings is 1. The quantitative estimate of drug-likeness (QED) is 0.777. The zero-order valence-electron chi connectivity index (χ0n) is 11.6. The largest absolute Gasteiger partial charge is 0.375 e. The number of para-hydroxylation sites is 1. The lowest BCUT2D eigenvalue weighted by molar-refractivity contribution is 0.616. The van der Waals surface area contributed by atoms with Gasteiger partial charge in [-0.3, -0.25) is 0 Å². The second-order valence-electron chi connectivity index (χ2n) is 4.88. The molecule has 0 aliphatic carbocycles. The van der Waals surface area contributed by atoms with Crippen molar-refractivity contribution in [3.05, 3.63) is 53.9 Å². The van der Waals surface area contributed by atoms with Crippen LogP contribution in [-0.2, 0) is 6.54 Å². The van der Waals surface area contributed by atoms with E-state index in [9.17, 15) is 0 Å². The standard InChI is InChI=1S/C16H22N2/c1-14-10-11-15(2)18(14)13-7-12-17(3)16-8-5-4-6-9-16/h4-6,8-11H,7,12-13H2,1-3H3. The molecular formula is C16H22N2. The molecule has 0 fully saturated rings. The molecule has 18 heavy (non-hydrogen) atoms. The molecule has 0 amide bonds. The van der Waals surface area contributed by atoms with Gasteiger partial charge in [0, 0.05) is 37.2 Å². The van der Waals surface area contributed by atoms with Crippen molar-refractivity contribution in [3.63, 3.8) is 0 Å². The van der Waals surface area contributed by atoms with Crippen LogP contribution in [0.25, 0.3) is 0 Å². The fourth-order valence-corrected chi connectivity index (χ4v) is 2.33. The van der Waals surface area contributed by atoms with Crippen LogP contribution in [0.4, 0.5) is 5.69 Å². The summed E-state index contributed by atoms with van der Waals surface area (Å²) in [5.41, 5.74) is 4.00. The third-order valence-electron chi connectivity index (χ3n) is 3.49. The molecule has 2 nitrogen and oxygen atoms in total. The van der Waals surface area contributed by atoms with Crippen LogP contribution in [-0.4, -0.2) is 18.2 Å². The van der Waals surface area contributed by atoms with E-state index in [1.807, 2.05) is 0 Å². The molecule has 2 aromatic rings. The first kappa shape index (κ1) is 12.7. The van der Waals surface area contributed by atoms with E-state index in [0.717, 1.165) is 13.1 Å². The van der Waals surface area contributed by atoms with Crippen molar-refractivity contribution < 1.29 is 0 Å². The highest BCUT2D eigenvalue weighted by Gasteiger charge is 2.02. The number of aromatic nitrogens is 1. The van der Waals surface area contributed by atoms with E-state index < -0.39 is 0 Å². The lowest BCUT2D eigenvalue weighted by Crippen LogP contribution is -2.20. The summed E-state index contributed by atoms with van der Waals surface area (Å²) < 4.78 is 2.39. The van der Waals surface area contributed by atoms with Crippen LogP contribution in [0.2, 0.25) is 0 Å². The fourth-order valence-electron chi connectivity index (χ4n) is 2.33. The first-order valence-electron chi connectivity index (χ1n) is 6.57. The normalized spacial score (nSPS) is 10.6. The Hall–Kier alpha value is -1.70. The van der Waals surface area contributed by atoms with E-state index in [-0.39, 0.29) is 0 Å². The highest BCUT2D eigenvalue weighted by molar-refractivity contribution is 5.44. The molecule has 1 aromatic heterocycles. The zero-order valence-corrected chi connectivity index (χ0v) is 11.6. The second kappa shape index (κ2) is 5.76. The van der Waals surface area contributed by atoms with Crippen LogP contribution in [0.5, 0.6) is 0 Å². The van der Waals surface area contributed by atoms with E-state index in [0.29, 0.717) is 0 Å². The first-order chi connectivity index (χ1) is 8.68. The molecular weight excluding hydrogens is 220 g/mol. The maximum Gasteiger partial charge on any atom is 0.0363 e. The van der Waals surface area contributed by atoms with E-state index >= 15 is 0 Å². The summed E-state index contributed by atoms with van der Waals surface area (Å²) in [4.78, 5) is 2.31. The van der Waals surface area contributed by atoms with Gasteiger partial charge in [-0.2, -0.15) is 0 Å². The number of rotatable bonds is 5. The highest BCUT2D eigenvalue weighted by Crippen LogP contribution is 2.12. The number of nitrogens with zero attached hydrogens (tertiary/aromatic N) is 2. The van der Waals surface area contributed by atoms with Gasteiger partial charge in [0.2, 0.25) is 0 Å². The monoisotopic (exact) mass is 242 g/mol. The summed E-state index contributed by atoms with van der Waals surface area (Å²) in [5, 5.41) is 0. The van der Waals surface area contributed by atoms with Gasteiger partial charge in [-0.05, 0) is 44.5 Å². The summed E-state index contributed by atoms with van der Waals surface area (Å²) in [7, 11) is 2.16. The number of anilines is 1. The number of aryl methyl sites for hydroxylation is 2. The predicted octanol–water partition coefficient (Wildman–Crippen LogP) is 3.63. The maximum absolute atomic E-state index is 2.39. The third-order valence-corrected chi connectivity index (χ3v) is 3.49. The smallest absolute Gasteiger partial charge is 0.0363 e. The predicted molar refractivity (Wildman–Crippen MR) is 78.2 cm³/mol. The summed E-state index contributed by atoms with van der Waals surface area (Å²) in [5.74, 6) is 0. The molecule has 1 heterocycles. The van der Waals surface area contributed by atoms with Gasteiger partial charge in [0.05, 0.1) is 0 Å². The summed E-state index contributed by atoms with van der Waals surface area (Å²) >= 11 is 0. The Kier molecular flexibility index (Phi) is 4.08. The number of hydrogen-bond acceptors (Lipinski definition) is 1. The van der Waals surface area contributed by atoms with Crippen molar-refractivity contribution in [3.8, 4) is 0 Å². The SMILES string of the molecule is Cc1ccc(C)n1CCCN(C)c1ccccc1. The molecule has 0 aliphatic heterocycles. The Bertz CT molecular complexity index is 466. The lowest BCUT2D eigenvalue weighted by atomic mass is 10.3. The van der Waals surface area contributed by atoms with Gasteiger partial charge >= 0.3 is 0 Å². The maximum atomic E-state index is 2.39. The number of hydrogen-bond donors (Lipinski definition) is 0. The minimum Gasteiger partial charge on any atom is -0.375 e. The molecule has 0 saturated heterocycles. The van der Waals surface area contributed by atoms with Gasteiger partial charge < -0.3 is 9.47 Å². The van der Waals surface area contributed by atoms with Gasteiger partial charge in [0.1, 0.15) is 0 Å². The molecule has 0 unspecified atom stereocenters. The molecule has 2 rings (SSSR count). The topological polar surface area (TPSA) is 8.17 Å². The van der Waals surface area contributed by atoms with Crippen LogP contribution in [0, 0.1) is 13.8 Å². The van der Waals surface area contributed by atoms with Crippen LogP contribution in [0.15, 0.2) is 42.5 Å². The van der Waals surface area contributed by atoms with Gasteiger partial charge in [-0.25, -0.2) is 0 Å². The van der Waals surface area contributed by atoms with Crippen molar-refractivity contribution in [2.45, 2.75) is 26.8 Å². The molecule has 0 N–H and O–H groups in total. The van der Waals surface area contributed by atoms with Crippen molar-refractivity contribution in [2.75, 3.05) is 18.5 Å². The molecule has 0 spiro atoms. The molecule has 0 aliphatic rings. The Labute approximate surface area is 110 Å². The average molecular weight is 242 g/mol. The van der Waals surface area contributed by atoms with Crippen LogP contribution in [0.1, 0.15) is 17.8 Å². The third kappa shape index (κ3) is 2.95. The molecule has 0 radical (unpaired) electrons. The summed E-state index contributed by atoms with van der Waals surface area (Å²) in [6.45, 7) is 6.53. The Morgan fingerprint density at radius 2 is 1.56 bits per heavy atom. The van der Waals surface area contributed by atoms with Crippen LogP contribution in [0.3, 0.4) is 0 Å². The van der Waals surface area contributed by atoms with Gasteiger partial charge in [-0.15, -0.1) is 0 Å². The summed E-state index contributed by atoms with van der Waals surface area (Å²) in [6.07, 6.45) is 1.17. The second-order valence-corrected chi connectivity index (χ2v) is 4.88. The van der Waals surface area contributed by atoms with Gasteiger partial charge in [-0.1, -0.05) is 18.2 Å². The molecule has 96 valence electrons. The van der Waals surface area contributed by atoms with Gasteiger partial charge in [0.15, 0.2) is 0 Å². The summed E-state index contributed by atoms with van der Waals surface area (Å²) in [6, 6.07) is 14.9. The van der Waals surface area contributed by atoms with E-state index in [2.05, 4.69) is 72.8 Å². The van der Waals surface area contributed by atoms with Crippen LogP contribution < -0.4 is 4.90 Å². The first-order valence-corrected chi connectivity index (χ1v) is 6.57. The molecule has 0 saturated carbocycles. The van der Waals surface area contributed by atoms with Crippen molar-refractivity contribution in [2.24, 2.45) is 0 Å². The van der Waals surface area contributed by atoms with E-state index in [4.69, 9.17) is 0 Å².